The SMILES string of the molecule is COc1cc(CC2=CCc3cccc(/C=C/c4ccc(C(=O)O)cc4)c32)cc(OC)c1. The average molecular weight is 412 g/mol. The van der Waals surface area contributed by atoms with Crippen LogP contribution in [0.1, 0.15) is 38.2 Å². The van der Waals surface area contributed by atoms with Crippen LogP contribution in [0, 0.1) is 0 Å². The minimum Gasteiger partial charge on any atom is -0.497 e. The zero-order valence-electron chi connectivity index (χ0n) is 17.6. The normalized spacial score (nSPS) is 12.5. The largest absolute Gasteiger partial charge is 0.497 e. The molecule has 0 radical (unpaired) electrons. The van der Waals surface area contributed by atoms with Crippen LogP contribution in [0.25, 0.3) is 17.7 Å². The van der Waals surface area contributed by atoms with Gasteiger partial charge in [0.05, 0.1) is 19.8 Å². The van der Waals surface area contributed by atoms with Crippen molar-refractivity contribution in [3.05, 3.63) is 100 Å². The minimum absolute atomic E-state index is 0.289. The molecule has 156 valence electrons. The second kappa shape index (κ2) is 8.92. The van der Waals surface area contributed by atoms with Gasteiger partial charge in [0.25, 0.3) is 0 Å². The van der Waals surface area contributed by atoms with Gasteiger partial charge in [-0.15, -0.1) is 0 Å². The molecule has 3 aromatic carbocycles. The molecule has 0 aliphatic heterocycles. The number of methoxy groups -OCH3 is 2. The van der Waals surface area contributed by atoms with E-state index in [4.69, 9.17) is 14.6 Å². The number of hydrogen-bond donors (Lipinski definition) is 1. The van der Waals surface area contributed by atoms with Crippen molar-refractivity contribution in [2.24, 2.45) is 0 Å². The third-order valence-corrected chi connectivity index (χ3v) is 5.49. The van der Waals surface area contributed by atoms with Gasteiger partial charge in [-0.2, -0.15) is 0 Å². The van der Waals surface area contributed by atoms with Crippen LogP contribution in [0.4, 0.5) is 0 Å². The maximum atomic E-state index is 11.0. The maximum Gasteiger partial charge on any atom is 0.335 e. The molecule has 0 atom stereocenters. The number of rotatable bonds is 7. The molecule has 1 aliphatic rings. The number of carboxylic acids is 1. The van der Waals surface area contributed by atoms with Gasteiger partial charge in [0.15, 0.2) is 0 Å². The Bertz CT molecular complexity index is 1150. The van der Waals surface area contributed by atoms with Crippen molar-refractivity contribution in [2.75, 3.05) is 14.2 Å². The molecule has 0 saturated carbocycles. The van der Waals surface area contributed by atoms with Gasteiger partial charge in [0, 0.05) is 6.07 Å². The number of ether oxygens (including phenoxy) is 2. The minimum atomic E-state index is -0.916. The highest BCUT2D eigenvalue weighted by Crippen LogP contribution is 2.35. The number of aromatic carboxylic acids is 1. The Morgan fingerprint density at radius 2 is 1.68 bits per heavy atom. The highest BCUT2D eigenvalue weighted by Gasteiger charge is 2.17. The van der Waals surface area contributed by atoms with Gasteiger partial charge < -0.3 is 14.6 Å². The molecule has 1 N–H and O–H groups in total. The van der Waals surface area contributed by atoms with Crippen molar-refractivity contribution in [3.63, 3.8) is 0 Å². The molecule has 1 aliphatic carbocycles. The molecule has 0 aromatic heterocycles. The number of carbonyl (C=O) groups is 1. The van der Waals surface area contributed by atoms with E-state index in [0.717, 1.165) is 41.0 Å². The van der Waals surface area contributed by atoms with Gasteiger partial charge in [-0.1, -0.05) is 48.6 Å². The second-order valence-electron chi connectivity index (χ2n) is 7.47. The van der Waals surface area contributed by atoms with Gasteiger partial charge in [0.1, 0.15) is 11.5 Å². The number of hydrogen-bond acceptors (Lipinski definition) is 3. The van der Waals surface area contributed by atoms with Crippen LogP contribution in [-0.4, -0.2) is 25.3 Å². The summed E-state index contributed by atoms with van der Waals surface area (Å²) in [7, 11) is 3.32. The standard InChI is InChI=1S/C27H24O4/c1-30-24-15-19(16-25(17-24)31-2)14-23-13-12-21-5-3-4-20(26(21)23)9-6-18-7-10-22(11-8-18)27(28)29/h3-11,13,15-17H,12,14H2,1-2H3,(H,28,29)/b9-6+. The van der Waals surface area contributed by atoms with E-state index in [-0.39, 0.29) is 5.56 Å². The predicted octanol–water partition coefficient (Wildman–Crippen LogP) is 5.75. The number of allylic oxidation sites excluding steroid dienone is 2. The Labute approximate surface area is 182 Å². The summed E-state index contributed by atoms with van der Waals surface area (Å²) in [6.07, 6.45) is 8.11. The summed E-state index contributed by atoms with van der Waals surface area (Å²) in [5.41, 5.74) is 7.40. The molecule has 0 fully saturated rings. The molecule has 3 aromatic rings. The Kier molecular flexibility index (Phi) is 5.89. The van der Waals surface area contributed by atoms with Gasteiger partial charge in [-0.05, 0) is 70.5 Å². The van der Waals surface area contributed by atoms with Crippen LogP contribution in [0.2, 0.25) is 0 Å². The summed E-state index contributed by atoms with van der Waals surface area (Å²) < 4.78 is 10.8. The van der Waals surface area contributed by atoms with Crippen molar-refractivity contribution in [3.8, 4) is 11.5 Å². The van der Waals surface area contributed by atoms with Gasteiger partial charge >= 0.3 is 5.97 Å². The lowest BCUT2D eigenvalue weighted by Crippen LogP contribution is -1.96. The summed E-state index contributed by atoms with van der Waals surface area (Å²) >= 11 is 0. The molecule has 0 spiro atoms. The molecule has 4 rings (SSSR count). The van der Waals surface area contributed by atoms with Crippen molar-refractivity contribution in [1.82, 2.24) is 0 Å². The highest BCUT2D eigenvalue weighted by molar-refractivity contribution is 5.88. The number of carboxylic acid groups (broad SMARTS) is 1. The van der Waals surface area contributed by atoms with Crippen molar-refractivity contribution >= 4 is 23.7 Å². The monoisotopic (exact) mass is 412 g/mol. The van der Waals surface area contributed by atoms with Crippen LogP contribution < -0.4 is 9.47 Å². The lowest BCUT2D eigenvalue weighted by Gasteiger charge is -2.12. The van der Waals surface area contributed by atoms with Crippen LogP contribution in [0.5, 0.6) is 11.5 Å². The van der Waals surface area contributed by atoms with Crippen LogP contribution in [0.3, 0.4) is 0 Å². The van der Waals surface area contributed by atoms with E-state index in [1.165, 1.54) is 16.7 Å². The molecule has 4 nitrogen and oxygen atoms in total. The fourth-order valence-electron chi connectivity index (χ4n) is 3.93. The fourth-order valence-corrected chi connectivity index (χ4v) is 3.93. The van der Waals surface area contributed by atoms with Gasteiger partial charge in [-0.3, -0.25) is 0 Å². The van der Waals surface area contributed by atoms with E-state index < -0.39 is 5.97 Å². The third-order valence-electron chi connectivity index (χ3n) is 5.49. The molecular weight excluding hydrogens is 388 g/mol. The smallest absolute Gasteiger partial charge is 0.335 e. The summed E-state index contributed by atoms with van der Waals surface area (Å²) in [4.78, 5) is 11.0. The van der Waals surface area contributed by atoms with E-state index in [2.05, 4.69) is 30.4 Å². The molecule has 0 bridgehead atoms. The highest BCUT2D eigenvalue weighted by atomic mass is 16.5. The van der Waals surface area contributed by atoms with Crippen molar-refractivity contribution < 1.29 is 19.4 Å². The fraction of sp³-hybridized carbons (Fsp3) is 0.148. The molecular formula is C27H24O4. The Balaban J connectivity index is 1.61. The summed E-state index contributed by atoms with van der Waals surface area (Å²) in [6, 6.07) is 19.2. The first-order valence-electron chi connectivity index (χ1n) is 10.1. The first-order chi connectivity index (χ1) is 15.1. The van der Waals surface area contributed by atoms with Crippen LogP contribution in [-0.2, 0) is 12.8 Å². The molecule has 31 heavy (non-hydrogen) atoms. The average Bonchev–Trinajstić information content (AvgIpc) is 3.21. The number of benzene rings is 3. The second-order valence-corrected chi connectivity index (χ2v) is 7.47. The topological polar surface area (TPSA) is 55.8 Å². The summed E-state index contributed by atoms with van der Waals surface area (Å²) in [6.45, 7) is 0. The number of fused-ring (bicyclic) bond motifs is 1. The van der Waals surface area contributed by atoms with E-state index in [9.17, 15) is 4.79 Å². The third kappa shape index (κ3) is 4.53. The predicted molar refractivity (Wildman–Crippen MR) is 124 cm³/mol. The molecule has 0 saturated heterocycles. The van der Waals surface area contributed by atoms with E-state index >= 15 is 0 Å². The molecule has 0 amide bonds. The van der Waals surface area contributed by atoms with Gasteiger partial charge in [0.2, 0.25) is 0 Å². The first kappa shape index (κ1) is 20.5. The van der Waals surface area contributed by atoms with Crippen molar-refractivity contribution in [2.45, 2.75) is 12.8 Å². The molecule has 0 unspecified atom stereocenters. The molecule has 0 heterocycles. The molecule has 4 heteroatoms. The van der Waals surface area contributed by atoms with E-state index in [0.29, 0.717) is 0 Å². The van der Waals surface area contributed by atoms with Gasteiger partial charge in [-0.25, -0.2) is 4.79 Å². The summed E-state index contributed by atoms with van der Waals surface area (Å²) in [5, 5.41) is 9.07. The van der Waals surface area contributed by atoms with E-state index in [1.807, 2.05) is 36.4 Å². The van der Waals surface area contributed by atoms with Crippen molar-refractivity contribution in [1.29, 1.82) is 0 Å². The van der Waals surface area contributed by atoms with E-state index in [1.54, 1.807) is 26.4 Å². The van der Waals surface area contributed by atoms with Crippen LogP contribution in [0.15, 0.2) is 66.7 Å². The summed E-state index contributed by atoms with van der Waals surface area (Å²) in [5.74, 6) is 0.651. The zero-order valence-corrected chi connectivity index (χ0v) is 17.6. The quantitative estimate of drug-likeness (QED) is 0.502. The zero-order chi connectivity index (χ0) is 21.8. The first-order valence-corrected chi connectivity index (χ1v) is 10.1. The maximum absolute atomic E-state index is 11.0. The Hall–Kier alpha value is -3.79. The lowest BCUT2D eigenvalue weighted by molar-refractivity contribution is 0.0697. The lowest BCUT2D eigenvalue weighted by atomic mass is 9.94. The Morgan fingerprint density at radius 1 is 0.968 bits per heavy atom. The van der Waals surface area contributed by atoms with Crippen LogP contribution >= 0.6 is 0 Å². The Morgan fingerprint density at radius 3 is 2.32 bits per heavy atom.